The summed E-state index contributed by atoms with van der Waals surface area (Å²) in [4.78, 5) is 26.5. The van der Waals surface area contributed by atoms with Crippen LogP contribution in [0.2, 0.25) is 0 Å². The molecule has 1 fully saturated rings. The van der Waals surface area contributed by atoms with E-state index >= 15 is 0 Å². The second kappa shape index (κ2) is 11.2. The molecule has 1 aliphatic rings. The quantitative estimate of drug-likeness (QED) is 0.518. The molecule has 2 aromatic rings. The summed E-state index contributed by atoms with van der Waals surface area (Å²) >= 11 is 1.29. The molecule has 7 heteroatoms. The maximum Gasteiger partial charge on any atom is 0.345 e. The molecule has 2 atom stereocenters. The van der Waals surface area contributed by atoms with E-state index in [1.165, 1.54) is 11.3 Å². The number of carbonyl (C=O) groups is 2. The van der Waals surface area contributed by atoms with Crippen LogP contribution in [0.5, 0.6) is 0 Å². The van der Waals surface area contributed by atoms with Gasteiger partial charge in [-0.25, -0.2) is 4.79 Å². The summed E-state index contributed by atoms with van der Waals surface area (Å²) in [5.41, 5.74) is 2.12. The first-order valence-corrected chi connectivity index (χ1v) is 11.3. The molecule has 3 rings (SSSR count). The van der Waals surface area contributed by atoms with Crippen LogP contribution in [0, 0.1) is 0 Å². The molecule has 1 aromatic carbocycles. The minimum Gasteiger partial charge on any atom is -0.477 e. The molecule has 0 bridgehead atoms. The van der Waals surface area contributed by atoms with Gasteiger partial charge in [-0.2, -0.15) is 0 Å². The Morgan fingerprint density at radius 2 is 2.13 bits per heavy atom. The van der Waals surface area contributed by atoms with E-state index in [1.54, 1.807) is 19.3 Å². The van der Waals surface area contributed by atoms with Crippen LogP contribution in [0.15, 0.2) is 48.6 Å². The first kappa shape index (κ1) is 23.2. The topological polar surface area (TPSA) is 87.1 Å². The number of hydrogen-bond donors (Lipinski definition) is 2. The van der Waals surface area contributed by atoms with Gasteiger partial charge >= 0.3 is 5.97 Å². The number of amides is 1. The van der Waals surface area contributed by atoms with Crippen LogP contribution < -0.4 is 0 Å². The molecule has 2 N–H and O–H groups in total. The minimum absolute atomic E-state index is 0.000100. The zero-order valence-electron chi connectivity index (χ0n) is 17.7. The summed E-state index contributed by atoms with van der Waals surface area (Å²) in [6, 6.07) is 11.4. The molecule has 0 radical (unpaired) electrons. The smallest absolute Gasteiger partial charge is 0.345 e. The Kier molecular flexibility index (Phi) is 8.40. The van der Waals surface area contributed by atoms with E-state index in [4.69, 9.17) is 9.84 Å². The van der Waals surface area contributed by atoms with E-state index < -0.39 is 12.1 Å². The number of hydrogen-bond acceptors (Lipinski definition) is 5. The first-order chi connectivity index (χ1) is 15.0. The standard InChI is InChI=1S/C24H29NO5S/c1-30-16-18-5-2-4-17(14-18)15-20(26)9-7-19-8-12-23(27)25(19)13-3-6-21-10-11-22(31-21)24(28)29/h2,4-5,7,9-11,14,19-20,26H,3,6,8,12-13,15-16H2,1H3,(H,28,29)/t19-,20+/m0/s1. The Morgan fingerprint density at radius 1 is 1.32 bits per heavy atom. The monoisotopic (exact) mass is 443 g/mol. The van der Waals surface area contributed by atoms with Gasteiger partial charge in [0.25, 0.3) is 0 Å². The van der Waals surface area contributed by atoms with Gasteiger partial charge < -0.3 is 19.8 Å². The number of aromatic carboxylic acids is 1. The Morgan fingerprint density at radius 3 is 2.87 bits per heavy atom. The predicted octanol–water partition coefficient (Wildman–Crippen LogP) is 3.68. The number of aryl methyl sites for hydroxylation is 1. The lowest BCUT2D eigenvalue weighted by Gasteiger charge is -2.22. The normalized spacial score (nSPS) is 17.5. The highest BCUT2D eigenvalue weighted by atomic mass is 32.1. The molecule has 1 aliphatic heterocycles. The van der Waals surface area contributed by atoms with Crippen LogP contribution in [-0.2, 0) is 29.0 Å². The average Bonchev–Trinajstić information content (AvgIpc) is 3.35. The van der Waals surface area contributed by atoms with Gasteiger partial charge in [0.15, 0.2) is 0 Å². The van der Waals surface area contributed by atoms with Crippen molar-refractivity contribution in [3.8, 4) is 0 Å². The molecular formula is C24H29NO5S. The van der Waals surface area contributed by atoms with Crippen molar-refractivity contribution in [2.24, 2.45) is 0 Å². The molecule has 6 nitrogen and oxygen atoms in total. The molecule has 0 aliphatic carbocycles. The van der Waals surface area contributed by atoms with Crippen LogP contribution in [0.1, 0.15) is 44.9 Å². The maximum absolute atomic E-state index is 12.3. The van der Waals surface area contributed by atoms with Crippen molar-refractivity contribution in [2.75, 3.05) is 13.7 Å². The van der Waals surface area contributed by atoms with E-state index in [0.29, 0.717) is 30.9 Å². The first-order valence-electron chi connectivity index (χ1n) is 10.5. The van der Waals surface area contributed by atoms with Gasteiger partial charge in [-0.15, -0.1) is 11.3 Å². The summed E-state index contributed by atoms with van der Waals surface area (Å²) in [5, 5.41) is 19.5. The molecule has 1 aromatic heterocycles. The third-order valence-corrected chi connectivity index (χ3v) is 6.50. The number of nitrogens with zero attached hydrogens (tertiary/aromatic N) is 1. The molecule has 0 saturated carbocycles. The van der Waals surface area contributed by atoms with Crippen LogP contribution >= 0.6 is 11.3 Å². The number of rotatable bonds is 11. The Bertz CT molecular complexity index is 922. The number of methoxy groups -OCH3 is 1. The van der Waals surface area contributed by atoms with Crippen LogP contribution in [0.3, 0.4) is 0 Å². The van der Waals surface area contributed by atoms with E-state index in [1.807, 2.05) is 41.3 Å². The van der Waals surface area contributed by atoms with Crippen LogP contribution in [-0.4, -0.2) is 52.8 Å². The number of ether oxygens (including phenoxy) is 1. The lowest BCUT2D eigenvalue weighted by molar-refractivity contribution is -0.128. The van der Waals surface area contributed by atoms with E-state index in [9.17, 15) is 14.7 Å². The number of likely N-dealkylation sites (tertiary alicyclic amines) is 1. The summed E-state index contributed by atoms with van der Waals surface area (Å²) in [7, 11) is 1.66. The fraction of sp³-hybridized carbons (Fsp3) is 0.417. The second-order valence-corrected chi connectivity index (χ2v) is 8.95. The number of carboxylic acid groups (broad SMARTS) is 1. The van der Waals surface area contributed by atoms with Gasteiger partial charge in [0.05, 0.1) is 18.8 Å². The summed E-state index contributed by atoms with van der Waals surface area (Å²) < 4.78 is 5.16. The predicted molar refractivity (Wildman–Crippen MR) is 120 cm³/mol. The second-order valence-electron chi connectivity index (χ2n) is 7.78. The van der Waals surface area contributed by atoms with Gasteiger partial charge in [0.1, 0.15) is 4.88 Å². The van der Waals surface area contributed by atoms with Crippen molar-refractivity contribution in [1.29, 1.82) is 0 Å². The van der Waals surface area contributed by atoms with Gasteiger partial charge in [0.2, 0.25) is 5.91 Å². The molecule has 0 spiro atoms. The molecule has 166 valence electrons. The van der Waals surface area contributed by atoms with E-state index in [0.717, 1.165) is 35.3 Å². The highest BCUT2D eigenvalue weighted by Gasteiger charge is 2.28. The van der Waals surface area contributed by atoms with Crippen molar-refractivity contribution in [1.82, 2.24) is 4.90 Å². The van der Waals surface area contributed by atoms with Gasteiger partial charge in [0, 0.05) is 31.4 Å². The number of aliphatic hydroxyl groups excluding tert-OH is 1. The number of aliphatic hydroxyl groups is 1. The number of benzene rings is 1. The van der Waals surface area contributed by atoms with Crippen molar-refractivity contribution in [3.05, 3.63) is 69.4 Å². The third kappa shape index (κ3) is 6.75. The SMILES string of the molecule is COCc1cccc(C[C@H](O)C=C[C@H]2CCC(=O)N2CCCc2ccc(C(=O)O)s2)c1. The number of carboxylic acids is 1. The Labute approximate surface area is 186 Å². The number of thiophene rings is 1. The van der Waals surface area contributed by atoms with Gasteiger partial charge in [-0.05, 0) is 42.5 Å². The largest absolute Gasteiger partial charge is 0.477 e. The van der Waals surface area contributed by atoms with Crippen molar-refractivity contribution < 1.29 is 24.5 Å². The van der Waals surface area contributed by atoms with Gasteiger partial charge in [-0.3, -0.25) is 4.79 Å². The highest BCUT2D eigenvalue weighted by molar-refractivity contribution is 7.13. The van der Waals surface area contributed by atoms with Crippen molar-refractivity contribution in [2.45, 2.75) is 50.9 Å². The summed E-state index contributed by atoms with van der Waals surface area (Å²) in [6.07, 6.45) is 6.44. The lowest BCUT2D eigenvalue weighted by atomic mass is 10.0. The maximum atomic E-state index is 12.3. The zero-order chi connectivity index (χ0) is 22.2. The van der Waals surface area contributed by atoms with Crippen LogP contribution in [0.25, 0.3) is 0 Å². The Hall–Kier alpha value is -2.48. The molecule has 1 saturated heterocycles. The fourth-order valence-corrected chi connectivity index (χ4v) is 4.76. The van der Waals surface area contributed by atoms with Crippen LogP contribution in [0.4, 0.5) is 0 Å². The molecule has 1 amide bonds. The molecule has 2 heterocycles. The van der Waals surface area contributed by atoms with Crippen molar-refractivity contribution in [3.63, 3.8) is 0 Å². The highest BCUT2D eigenvalue weighted by Crippen LogP contribution is 2.23. The zero-order valence-corrected chi connectivity index (χ0v) is 18.5. The number of carbonyl (C=O) groups excluding carboxylic acids is 1. The summed E-state index contributed by atoms with van der Waals surface area (Å²) in [5.74, 6) is -0.769. The van der Waals surface area contributed by atoms with Crippen molar-refractivity contribution >= 4 is 23.2 Å². The molecule has 31 heavy (non-hydrogen) atoms. The Balaban J connectivity index is 1.50. The van der Waals surface area contributed by atoms with E-state index in [2.05, 4.69) is 0 Å². The van der Waals surface area contributed by atoms with Gasteiger partial charge in [-0.1, -0.05) is 36.4 Å². The minimum atomic E-state index is -0.903. The lowest BCUT2D eigenvalue weighted by Crippen LogP contribution is -2.33. The average molecular weight is 444 g/mol. The molecule has 0 unspecified atom stereocenters. The molecular weight excluding hydrogens is 414 g/mol. The third-order valence-electron chi connectivity index (χ3n) is 5.37. The summed E-state index contributed by atoms with van der Waals surface area (Å²) in [6.45, 7) is 1.17. The fourth-order valence-electron chi connectivity index (χ4n) is 3.88. The van der Waals surface area contributed by atoms with E-state index in [-0.39, 0.29) is 11.9 Å².